The second-order valence-corrected chi connectivity index (χ2v) is 4.84. The maximum absolute atomic E-state index is 4.39. The fraction of sp³-hybridized carbons (Fsp3) is 0.286. The molecule has 1 aromatic carbocycles. The lowest BCUT2D eigenvalue weighted by atomic mass is 9.83. The molecule has 0 atom stereocenters. The molecular formula is C14H16S2. The third-order valence-electron chi connectivity index (χ3n) is 3.04. The standard InChI is InChI=1S/C14H16S2/c15-10-14(11-16)8-6-13(7-9-14)12-4-2-1-3-5-12/h1-9,13,15-16H,10-11H2. The molecule has 0 N–H and O–H groups in total. The first-order valence-corrected chi connectivity index (χ1v) is 6.71. The van der Waals surface area contributed by atoms with Gasteiger partial charge >= 0.3 is 0 Å². The Balaban J connectivity index is 2.18. The molecule has 0 nitrogen and oxygen atoms in total. The topological polar surface area (TPSA) is 0 Å². The summed E-state index contributed by atoms with van der Waals surface area (Å²) >= 11 is 8.79. The number of thiol groups is 2. The normalized spacial score (nSPS) is 18.9. The Bertz CT molecular complexity index is 372. The lowest BCUT2D eigenvalue weighted by Gasteiger charge is -2.27. The predicted molar refractivity (Wildman–Crippen MR) is 77.6 cm³/mol. The minimum absolute atomic E-state index is 0.0392. The van der Waals surface area contributed by atoms with E-state index in [9.17, 15) is 0 Å². The van der Waals surface area contributed by atoms with Gasteiger partial charge in [-0.1, -0.05) is 54.6 Å². The smallest absolute Gasteiger partial charge is 0.0238 e. The van der Waals surface area contributed by atoms with Crippen LogP contribution in [0.15, 0.2) is 54.6 Å². The van der Waals surface area contributed by atoms with E-state index in [1.807, 2.05) is 6.07 Å². The first kappa shape index (κ1) is 11.9. The number of allylic oxidation sites excluding steroid dienone is 4. The van der Waals surface area contributed by atoms with Crippen LogP contribution >= 0.6 is 25.3 Å². The zero-order chi connectivity index (χ0) is 11.4. The van der Waals surface area contributed by atoms with Gasteiger partial charge in [-0.05, 0) is 5.56 Å². The molecule has 0 radical (unpaired) electrons. The molecule has 16 heavy (non-hydrogen) atoms. The van der Waals surface area contributed by atoms with Gasteiger partial charge in [0, 0.05) is 22.8 Å². The molecule has 0 amide bonds. The van der Waals surface area contributed by atoms with E-state index >= 15 is 0 Å². The van der Waals surface area contributed by atoms with Gasteiger partial charge in [0.15, 0.2) is 0 Å². The van der Waals surface area contributed by atoms with E-state index in [2.05, 4.69) is 73.8 Å². The van der Waals surface area contributed by atoms with Crippen LogP contribution in [0.25, 0.3) is 0 Å². The largest absolute Gasteiger partial charge is 0.178 e. The van der Waals surface area contributed by atoms with Crippen LogP contribution in [0.1, 0.15) is 11.5 Å². The lowest BCUT2D eigenvalue weighted by Crippen LogP contribution is -2.22. The molecule has 0 saturated carbocycles. The van der Waals surface area contributed by atoms with Gasteiger partial charge in [0.25, 0.3) is 0 Å². The van der Waals surface area contributed by atoms with E-state index in [-0.39, 0.29) is 5.41 Å². The summed E-state index contributed by atoms with van der Waals surface area (Å²) in [6, 6.07) is 10.5. The van der Waals surface area contributed by atoms with E-state index in [1.54, 1.807) is 0 Å². The average molecular weight is 248 g/mol. The van der Waals surface area contributed by atoms with Gasteiger partial charge in [-0.25, -0.2) is 0 Å². The van der Waals surface area contributed by atoms with Crippen LogP contribution < -0.4 is 0 Å². The zero-order valence-electron chi connectivity index (χ0n) is 9.08. The van der Waals surface area contributed by atoms with E-state index in [0.717, 1.165) is 11.5 Å². The maximum atomic E-state index is 4.39. The van der Waals surface area contributed by atoms with Crippen LogP contribution in [0.4, 0.5) is 0 Å². The van der Waals surface area contributed by atoms with Crippen LogP contribution in [-0.4, -0.2) is 11.5 Å². The van der Waals surface area contributed by atoms with Gasteiger partial charge in [0.1, 0.15) is 0 Å². The third kappa shape index (κ3) is 2.38. The monoisotopic (exact) mass is 248 g/mol. The Hall–Kier alpha value is -0.600. The van der Waals surface area contributed by atoms with Crippen LogP contribution in [0.2, 0.25) is 0 Å². The highest BCUT2D eigenvalue weighted by Crippen LogP contribution is 2.33. The zero-order valence-corrected chi connectivity index (χ0v) is 10.9. The van der Waals surface area contributed by atoms with Crippen molar-refractivity contribution < 1.29 is 0 Å². The Kier molecular flexibility index (Phi) is 3.82. The summed E-state index contributed by atoms with van der Waals surface area (Å²) < 4.78 is 0. The second kappa shape index (κ2) is 5.15. The van der Waals surface area contributed by atoms with Crippen molar-refractivity contribution in [2.75, 3.05) is 11.5 Å². The predicted octanol–water partition coefficient (Wildman–Crippen LogP) is 3.74. The molecule has 0 saturated heterocycles. The van der Waals surface area contributed by atoms with Crippen molar-refractivity contribution in [3.8, 4) is 0 Å². The Morgan fingerprint density at radius 3 is 2.00 bits per heavy atom. The fourth-order valence-corrected chi connectivity index (χ4v) is 2.69. The molecule has 0 aromatic heterocycles. The fourth-order valence-electron chi connectivity index (χ4n) is 1.87. The van der Waals surface area contributed by atoms with E-state index in [0.29, 0.717) is 5.92 Å². The highest BCUT2D eigenvalue weighted by atomic mass is 32.1. The molecule has 2 heteroatoms. The second-order valence-electron chi connectivity index (χ2n) is 4.20. The number of hydrogen-bond donors (Lipinski definition) is 2. The Morgan fingerprint density at radius 1 is 0.938 bits per heavy atom. The average Bonchev–Trinajstić information content (AvgIpc) is 2.40. The molecule has 1 aromatic rings. The molecule has 0 heterocycles. The van der Waals surface area contributed by atoms with Crippen molar-refractivity contribution >= 4 is 25.3 Å². The summed E-state index contributed by atoms with van der Waals surface area (Å²) in [5.41, 5.74) is 1.37. The first-order chi connectivity index (χ1) is 7.79. The number of benzene rings is 1. The van der Waals surface area contributed by atoms with Crippen molar-refractivity contribution in [1.29, 1.82) is 0 Å². The van der Waals surface area contributed by atoms with Crippen molar-refractivity contribution in [3.05, 3.63) is 60.2 Å². The number of rotatable bonds is 3. The molecule has 2 rings (SSSR count). The highest BCUT2D eigenvalue weighted by Gasteiger charge is 2.24. The molecule has 1 aliphatic carbocycles. The van der Waals surface area contributed by atoms with Gasteiger partial charge in [0.05, 0.1) is 0 Å². The lowest BCUT2D eigenvalue weighted by molar-refractivity contribution is 0.638. The Labute approximate surface area is 108 Å². The molecule has 0 aliphatic heterocycles. The summed E-state index contributed by atoms with van der Waals surface area (Å²) in [4.78, 5) is 0. The van der Waals surface area contributed by atoms with Gasteiger partial charge in [0.2, 0.25) is 0 Å². The highest BCUT2D eigenvalue weighted by molar-refractivity contribution is 7.81. The summed E-state index contributed by atoms with van der Waals surface area (Å²) in [7, 11) is 0. The summed E-state index contributed by atoms with van der Waals surface area (Å²) in [5, 5.41) is 0. The maximum Gasteiger partial charge on any atom is 0.0238 e. The first-order valence-electron chi connectivity index (χ1n) is 5.45. The molecule has 0 unspecified atom stereocenters. The van der Waals surface area contributed by atoms with Crippen molar-refractivity contribution in [1.82, 2.24) is 0 Å². The quantitative estimate of drug-likeness (QED) is 0.591. The SMILES string of the molecule is SCC1(CS)C=CC(c2ccccc2)C=C1. The third-order valence-corrected chi connectivity index (χ3v) is 4.22. The minimum atomic E-state index is 0.0392. The van der Waals surface area contributed by atoms with Gasteiger partial charge in [-0.15, -0.1) is 0 Å². The van der Waals surface area contributed by atoms with Crippen LogP contribution in [0.3, 0.4) is 0 Å². The molecule has 1 aliphatic rings. The van der Waals surface area contributed by atoms with E-state index in [1.165, 1.54) is 5.56 Å². The Morgan fingerprint density at radius 2 is 1.50 bits per heavy atom. The summed E-state index contributed by atoms with van der Waals surface area (Å²) in [5.74, 6) is 2.02. The van der Waals surface area contributed by atoms with Gasteiger partial charge in [-0.3, -0.25) is 0 Å². The summed E-state index contributed by atoms with van der Waals surface area (Å²) in [6.45, 7) is 0. The molecule has 0 bridgehead atoms. The van der Waals surface area contributed by atoms with E-state index < -0.39 is 0 Å². The van der Waals surface area contributed by atoms with Crippen molar-refractivity contribution in [2.45, 2.75) is 5.92 Å². The van der Waals surface area contributed by atoms with Gasteiger partial charge < -0.3 is 0 Å². The van der Waals surface area contributed by atoms with Crippen LogP contribution in [-0.2, 0) is 0 Å². The number of hydrogen-bond acceptors (Lipinski definition) is 2. The molecule has 0 spiro atoms. The molecular weight excluding hydrogens is 232 g/mol. The molecule has 84 valence electrons. The van der Waals surface area contributed by atoms with Crippen LogP contribution in [0.5, 0.6) is 0 Å². The molecule has 0 fully saturated rings. The minimum Gasteiger partial charge on any atom is -0.178 e. The van der Waals surface area contributed by atoms with E-state index in [4.69, 9.17) is 0 Å². The van der Waals surface area contributed by atoms with Gasteiger partial charge in [-0.2, -0.15) is 25.3 Å². The summed E-state index contributed by atoms with van der Waals surface area (Å²) in [6.07, 6.45) is 8.98. The van der Waals surface area contributed by atoms with Crippen molar-refractivity contribution in [3.63, 3.8) is 0 Å². The van der Waals surface area contributed by atoms with Crippen LogP contribution in [0, 0.1) is 5.41 Å². The van der Waals surface area contributed by atoms with Crippen molar-refractivity contribution in [2.24, 2.45) is 5.41 Å².